The number of benzene rings is 7. The van der Waals surface area contributed by atoms with Crippen LogP contribution < -0.4 is 10.6 Å². The lowest BCUT2D eigenvalue weighted by Gasteiger charge is -2.49. The Balaban J connectivity index is 0.963. The Hall–Kier alpha value is -9.03. The number of rotatable bonds is 21. The number of nitrogens with one attached hydrogen (secondary N) is 2. The maximum Gasteiger partial charge on any atom is 0.356 e. The number of anilines is 1. The highest BCUT2D eigenvalue weighted by atomic mass is 32.2. The molecule has 1 aromatic heterocycles. The number of ether oxygens (including phenoxy) is 2. The van der Waals surface area contributed by atoms with Crippen LogP contribution >= 0.6 is 34.9 Å². The number of amides is 3. The molecule has 0 unspecified atom stereocenters. The summed E-state index contributed by atoms with van der Waals surface area (Å²) < 4.78 is 12.3. The number of thioether (sulfide) groups is 2. The van der Waals surface area contributed by atoms with E-state index in [1.54, 1.807) is 24.9 Å². The maximum atomic E-state index is 14.9. The van der Waals surface area contributed by atoms with Crippen LogP contribution in [-0.4, -0.2) is 88.0 Å². The molecule has 17 heteroatoms. The number of esters is 2. The van der Waals surface area contributed by atoms with E-state index in [0.717, 1.165) is 39.6 Å². The molecule has 2 aliphatic rings. The molecule has 2 aliphatic heterocycles. The molecule has 81 heavy (non-hydrogen) atoms. The molecule has 0 aliphatic carbocycles. The van der Waals surface area contributed by atoms with Gasteiger partial charge in [0.2, 0.25) is 12.5 Å². The highest BCUT2D eigenvalue weighted by molar-refractivity contribution is 8.08. The van der Waals surface area contributed by atoms with Crippen molar-refractivity contribution in [1.82, 2.24) is 20.1 Å². The van der Waals surface area contributed by atoms with Crippen LogP contribution in [0.1, 0.15) is 56.8 Å². The number of oxime groups is 1. The van der Waals surface area contributed by atoms with E-state index in [1.807, 2.05) is 212 Å². The topological polar surface area (TPSA) is 169 Å². The third kappa shape index (κ3) is 12.6. The fraction of sp³-hybridized carbons (Fsp3) is 0.141. The molecule has 0 bridgehead atoms. The highest BCUT2D eigenvalue weighted by Gasteiger charge is 2.55. The van der Waals surface area contributed by atoms with Crippen molar-refractivity contribution in [2.45, 2.75) is 29.2 Å². The Bertz CT molecular complexity index is 3400. The Morgan fingerprint density at radius 2 is 1.15 bits per heavy atom. The van der Waals surface area contributed by atoms with E-state index in [4.69, 9.17) is 19.3 Å². The van der Waals surface area contributed by atoms with E-state index < -0.39 is 59.5 Å². The van der Waals surface area contributed by atoms with E-state index in [2.05, 4.69) is 15.8 Å². The van der Waals surface area contributed by atoms with Crippen molar-refractivity contribution in [3.05, 3.63) is 284 Å². The molecule has 406 valence electrons. The van der Waals surface area contributed by atoms with Crippen molar-refractivity contribution in [2.75, 3.05) is 31.8 Å². The zero-order chi connectivity index (χ0) is 56.1. The predicted molar refractivity (Wildman–Crippen MR) is 317 cm³/mol. The molecule has 0 saturated carbocycles. The fourth-order valence-corrected chi connectivity index (χ4v) is 12.5. The lowest BCUT2D eigenvalue weighted by atomic mass is 9.77. The molecule has 8 aromatic rings. The molecule has 2 N–H and O–H groups in total. The lowest BCUT2D eigenvalue weighted by molar-refractivity contribution is -0.154. The molecule has 3 heterocycles. The van der Waals surface area contributed by atoms with Gasteiger partial charge in [0.05, 0.1) is 0 Å². The average molecular weight is 1130 g/mol. The molecule has 14 nitrogen and oxygen atoms in total. The first kappa shape index (κ1) is 55.3. The molecule has 3 amide bonds. The number of nitrogens with zero attached hydrogens (tertiary/aromatic N) is 4. The van der Waals surface area contributed by atoms with Crippen molar-refractivity contribution in [2.24, 2.45) is 5.16 Å². The summed E-state index contributed by atoms with van der Waals surface area (Å²) in [6, 6.07) is 65.9. The van der Waals surface area contributed by atoms with E-state index in [1.165, 1.54) is 39.0 Å². The van der Waals surface area contributed by atoms with Crippen LogP contribution in [0.4, 0.5) is 5.13 Å². The maximum absolute atomic E-state index is 14.9. The SMILES string of the molecule is CN(C)C(=O)/C=C\SC1=C(C(=O)OC(c2ccccc2)c2ccccc2)N2C(=O)[C@@H](NC(=O)/C(=N\OCC(=O)OC(c3ccccc3)c3ccccc3)c3csc(NC(c4ccccc4)(c4ccccc4)c4ccccc4)n3)[C@@H]2SC1. The van der Waals surface area contributed by atoms with Gasteiger partial charge in [-0.1, -0.05) is 229 Å². The summed E-state index contributed by atoms with van der Waals surface area (Å²) in [5.41, 5.74) is 4.42. The van der Waals surface area contributed by atoms with Gasteiger partial charge in [0.1, 0.15) is 28.3 Å². The smallest absolute Gasteiger partial charge is 0.356 e. The third-order valence-electron chi connectivity index (χ3n) is 13.4. The van der Waals surface area contributed by atoms with Crippen molar-refractivity contribution < 1.29 is 38.3 Å². The third-order valence-corrected chi connectivity index (χ3v) is 16.5. The van der Waals surface area contributed by atoms with Gasteiger partial charge >= 0.3 is 11.9 Å². The van der Waals surface area contributed by atoms with Crippen molar-refractivity contribution in [1.29, 1.82) is 0 Å². The van der Waals surface area contributed by atoms with Gasteiger partial charge < -0.3 is 29.8 Å². The Labute approximate surface area is 481 Å². The molecule has 0 spiro atoms. The second kappa shape index (κ2) is 25.8. The van der Waals surface area contributed by atoms with Crippen molar-refractivity contribution in [3.63, 3.8) is 0 Å². The summed E-state index contributed by atoms with van der Waals surface area (Å²) >= 11 is 3.68. The van der Waals surface area contributed by atoms with E-state index in [-0.39, 0.29) is 28.8 Å². The first-order valence-electron chi connectivity index (χ1n) is 25.8. The predicted octanol–water partition coefficient (Wildman–Crippen LogP) is 10.9. The second-order valence-corrected chi connectivity index (χ2v) is 21.8. The number of fused-ring (bicyclic) bond motifs is 1. The lowest BCUT2D eigenvalue weighted by Crippen LogP contribution is -2.71. The minimum Gasteiger partial charge on any atom is -0.450 e. The molecule has 7 aromatic carbocycles. The Morgan fingerprint density at radius 1 is 0.691 bits per heavy atom. The standard InChI is InChI=1S/C64H54N6O8S3/c1-69(2)52(71)38-39-79-51-42-80-61-55(60(74)70(61)56(51)62(75)78-58(45-28-14-5-15-29-45)46-30-16-6-17-31-46)66-59(73)54(68-76-40-53(72)77-57(43-24-10-3-11-25-43)44-26-12-4-13-27-44)50-41-81-63(65-50)67-64(47-32-18-7-19-33-47,48-34-20-8-21-35-48)49-36-22-9-23-37-49/h3-39,41,55,57-58,61H,40,42H2,1-2H3,(H,65,67)(H,66,73)/b39-38-,68-54-/t55-,61+/m1/s1. The first-order valence-corrected chi connectivity index (χ1v) is 28.6. The number of β-lactam (4-membered cyclic amide) rings is 1. The number of carbonyl (C=O) groups excluding carboxylic acids is 5. The summed E-state index contributed by atoms with van der Waals surface area (Å²) in [4.78, 5) is 84.5. The molecule has 10 rings (SSSR count). The van der Waals surface area contributed by atoms with Crippen molar-refractivity contribution in [3.8, 4) is 0 Å². The molecule has 2 atom stereocenters. The zero-order valence-electron chi connectivity index (χ0n) is 43.9. The minimum absolute atomic E-state index is 0.00735. The van der Waals surface area contributed by atoms with Crippen LogP contribution in [0.5, 0.6) is 0 Å². The van der Waals surface area contributed by atoms with Gasteiger partial charge in [0, 0.05) is 36.2 Å². The normalized spacial score (nSPS) is 15.2. The minimum atomic E-state index is -1.16. The van der Waals surface area contributed by atoms with E-state index in [9.17, 15) is 24.0 Å². The monoisotopic (exact) mass is 1130 g/mol. The number of aromatic nitrogens is 1. The molecule has 0 radical (unpaired) electrons. The van der Waals surface area contributed by atoms with Crippen molar-refractivity contribution >= 4 is 75.4 Å². The fourth-order valence-electron chi connectivity index (χ4n) is 9.44. The second-order valence-electron chi connectivity index (χ2n) is 18.8. The van der Waals surface area contributed by atoms with Crippen LogP contribution in [0.25, 0.3) is 0 Å². The highest BCUT2D eigenvalue weighted by Crippen LogP contribution is 2.45. The van der Waals surface area contributed by atoms with Crippen LogP contribution in [0.15, 0.2) is 245 Å². The Kier molecular flexibility index (Phi) is 17.6. The average Bonchev–Trinajstić information content (AvgIpc) is 4.09. The van der Waals surface area contributed by atoms with E-state index >= 15 is 0 Å². The number of hydrogen-bond acceptors (Lipinski definition) is 14. The summed E-state index contributed by atoms with van der Waals surface area (Å²) in [5.74, 6) is -3.00. The molecule has 1 fully saturated rings. The number of hydrogen-bond donors (Lipinski definition) is 2. The molecular formula is C64H54N6O8S3. The van der Waals surface area contributed by atoms with Gasteiger partial charge in [-0.3, -0.25) is 19.3 Å². The number of likely N-dealkylation sites (N-methyl/N-ethyl adjacent to an activating group) is 1. The van der Waals surface area contributed by atoms with Crippen LogP contribution in [0, 0.1) is 0 Å². The number of thiazole rings is 1. The molecular weight excluding hydrogens is 1080 g/mol. The number of carbonyl (C=O) groups is 5. The summed E-state index contributed by atoms with van der Waals surface area (Å²) in [5, 5.41) is 13.7. The first-order chi connectivity index (χ1) is 39.6. The quantitative estimate of drug-likeness (QED) is 0.0175. The largest absolute Gasteiger partial charge is 0.450 e. The van der Waals surface area contributed by atoms with Crippen LogP contribution in [0.2, 0.25) is 0 Å². The van der Waals surface area contributed by atoms with Gasteiger partial charge in [-0.05, 0) is 44.4 Å². The van der Waals surface area contributed by atoms with Gasteiger partial charge in [-0.15, -0.1) is 23.1 Å². The van der Waals surface area contributed by atoms with Gasteiger partial charge in [0.15, 0.2) is 23.1 Å². The van der Waals surface area contributed by atoms with E-state index in [0.29, 0.717) is 21.2 Å². The van der Waals surface area contributed by atoms with Crippen LogP contribution in [0.3, 0.4) is 0 Å². The summed E-state index contributed by atoms with van der Waals surface area (Å²) in [6.45, 7) is -0.686. The molecule has 1 saturated heterocycles. The van der Waals surface area contributed by atoms with Gasteiger partial charge in [0.25, 0.3) is 11.8 Å². The zero-order valence-corrected chi connectivity index (χ0v) is 46.4. The Morgan fingerprint density at radius 3 is 1.62 bits per heavy atom. The van der Waals surface area contributed by atoms with Gasteiger partial charge in [-0.2, -0.15) is 0 Å². The summed E-state index contributed by atoms with van der Waals surface area (Å²) in [7, 11) is 3.26. The summed E-state index contributed by atoms with van der Waals surface area (Å²) in [6.07, 6.45) is -0.220. The van der Waals surface area contributed by atoms with Crippen LogP contribution in [-0.2, 0) is 43.8 Å². The van der Waals surface area contributed by atoms with Gasteiger partial charge in [-0.25, -0.2) is 14.6 Å².